The Bertz CT molecular complexity index is 304. The molecule has 1 aliphatic carbocycles. The van der Waals surface area contributed by atoms with E-state index in [4.69, 9.17) is 0 Å². The third kappa shape index (κ3) is 3.74. The van der Waals surface area contributed by atoms with Gasteiger partial charge in [0.25, 0.3) is 0 Å². The van der Waals surface area contributed by atoms with Crippen molar-refractivity contribution in [2.45, 2.75) is 65.7 Å². The molecule has 0 aliphatic heterocycles. The van der Waals surface area contributed by atoms with Crippen LogP contribution in [-0.2, 0) is 0 Å². The highest BCUT2D eigenvalue weighted by Crippen LogP contribution is 2.43. The molecule has 1 rings (SSSR count). The summed E-state index contributed by atoms with van der Waals surface area (Å²) in [7, 11) is 0. The zero-order valence-electron chi connectivity index (χ0n) is 11.4. The van der Waals surface area contributed by atoms with Gasteiger partial charge in [0.05, 0.1) is 12.1 Å². The molecule has 2 heteroatoms. The Balaban J connectivity index is 2.75. The van der Waals surface area contributed by atoms with E-state index in [2.05, 4.69) is 32.9 Å². The molecule has 1 saturated carbocycles. The van der Waals surface area contributed by atoms with Gasteiger partial charge in [-0.2, -0.15) is 10.5 Å². The largest absolute Gasteiger partial charge is 0.197 e. The number of rotatable bonds is 3. The molecule has 0 N–H and O–H groups in total. The summed E-state index contributed by atoms with van der Waals surface area (Å²) in [5, 5.41) is 18.9. The maximum atomic E-state index is 9.45. The summed E-state index contributed by atoms with van der Waals surface area (Å²) < 4.78 is 0. The summed E-state index contributed by atoms with van der Waals surface area (Å²) in [6.07, 6.45) is 7.44. The van der Waals surface area contributed by atoms with Crippen molar-refractivity contribution in [1.29, 1.82) is 10.5 Å². The van der Waals surface area contributed by atoms with E-state index in [1.54, 1.807) is 0 Å². The molecular formula is C15H24N2. The second-order valence-electron chi connectivity index (χ2n) is 6.59. The van der Waals surface area contributed by atoms with Crippen LogP contribution in [0.5, 0.6) is 0 Å². The zero-order chi connectivity index (χ0) is 12.9. The van der Waals surface area contributed by atoms with Gasteiger partial charge in [-0.25, -0.2) is 0 Å². The Labute approximate surface area is 106 Å². The van der Waals surface area contributed by atoms with Crippen LogP contribution < -0.4 is 0 Å². The Morgan fingerprint density at radius 1 is 0.941 bits per heavy atom. The van der Waals surface area contributed by atoms with E-state index in [1.807, 2.05) is 0 Å². The van der Waals surface area contributed by atoms with Crippen molar-refractivity contribution in [3.63, 3.8) is 0 Å². The SMILES string of the molecule is CC(C)(C)CCC(C#N)(C#N)C1CCCCC1. The molecule has 2 nitrogen and oxygen atoms in total. The van der Waals surface area contributed by atoms with Crippen LogP contribution in [-0.4, -0.2) is 0 Å². The molecule has 1 fully saturated rings. The van der Waals surface area contributed by atoms with Crippen LogP contribution in [0.3, 0.4) is 0 Å². The average molecular weight is 232 g/mol. The van der Waals surface area contributed by atoms with Gasteiger partial charge in [-0.3, -0.25) is 0 Å². The minimum atomic E-state index is -0.728. The molecule has 0 heterocycles. The van der Waals surface area contributed by atoms with Gasteiger partial charge < -0.3 is 0 Å². The van der Waals surface area contributed by atoms with Crippen molar-refractivity contribution < 1.29 is 0 Å². The number of nitrogens with zero attached hydrogens (tertiary/aromatic N) is 2. The van der Waals surface area contributed by atoms with Crippen LogP contribution in [0, 0.1) is 39.4 Å². The summed E-state index contributed by atoms with van der Waals surface area (Å²) in [5.41, 5.74) is -0.526. The third-order valence-electron chi connectivity index (χ3n) is 3.97. The van der Waals surface area contributed by atoms with Crippen LogP contribution in [0.2, 0.25) is 0 Å². The van der Waals surface area contributed by atoms with E-state index in [-0.39, 0.29) is 5.41 Å². The molecule has 0 spiro atoms. The lowest BCUT2D eigenvalue weighted by Crippen LogP contribution is -2.30. The first-order chi connectivity index (χ1) is 7.93. The molecule has 0 aromatic rings. The Hall–Kier alpha value is -1.02. The van der Waals surface area contributed by atoms with Crippen LogP contribution in [0.1, 0.15) is 65.7 Å². The lowest BCUT2D eigenvalue weighted by Gasteiger charge is -2.33. The fraction of sp³-hybridized carbons (Fsp3) is 0.867. The molecule has 17 heavy (non-hydrogen) atoms. The van der Waals surface area contributed by atoms with E-state index >= 15 is 0 Å². The smallest absolute Gasteiger partial charge is 0.146 e. The van der Waals surface area contributed by atoms with Crippen molar-refractivity contribution >= 4 is 0 Å². The lowest BCUT2D eigenvalue weighted by molar-refractivity contribution is 0.196. The third-order valence-corrected chi connectivity index (χ3v) is 3.97. The number of hydrogen-bond donors (Lipinski definition) is 0. The van der Waals surface area contributed by atoms with Crippen molar-refractivity contribution in [3.8, 4) is 12.1 Å². The summed E-state index contributed by atoms with van der Waals surface area (Å²) in [6, 6.07) is 4.69. The van der Waals surface area contributed by atoms with Crippen LogP contribution in [0.25, 0.3) is 0 Å². The van der Waals surface area contributed by atoms with E-state index in [0.717, 1.165) is 25.7 Å². The van der Waals surface area contributed by atoms with Gasteiger partial charge >= 0.3 is 0 Å². The van der Waals surface area contributed by atoms with E-state index < -0.39 is 5.41 Å². The van der Waals surface area contributed by atoms with Gasteiger partial charge in [-0.05, 0) is 37.0 Å². The number of hydrogen-bond acceptors (Lipinski definition) is 2. The fourth-order valence-corrected chi connectivity index (χ4v) is 2.69. The first kappa shape index (κ1) is 14.0. The molecule has 1 aliphatic rings. The first-order valence-electron chi connectivity index (χ1n) is 6.76. The second kappa shape index (κ2) is 5.54. The summed E-state index contributed by atoms with van der Waals surface area (Å²) in [5.74, 6) is 0.300. The Morgan fingerprint density at radius 3 is 1.88 bits per heavy atom. The maximum absolute atomic E-state index is 9.45. The first-order valence-corrected chi connectivity index (χ1v) is 6.76. The predicted molar refractivity (Wildman–Crippen MR) is 68.9 cm³/mol. The van der Waals surface area contributed by atoms with Crippen molar-refractivity contribution in [2.24, 2.45) is 16.7 Å². The molecule has 94 valence electrons. The van der Waals surface area contributed by atoms with Gasteiger partial charge in [0.15, 0.2) is 0 Å². The van der Waals surface area contributed by atoms with Crippen LogP contribution >= 0.6 is 0 Å². The minimum Gasteiger partial charge on any atom is -0.197 e. The van der Waals surface area contributed by atoms with Crippen LogP contribution in [0.15, 0.2) is 0 Å². The van der Waals surface area contributed by atoms with Crippen molar-refractivity contribution in [3.05, 3.63) is 0 Å². The fourth-order valence-electron chi connectivity index (χ4n) is 2.69. The minimum absolute atomic E-state index is 0.202. The molecule has 0 radical (unpaired) electrons. The molecule has 0 amide bonds. The molecule has 0 atom stereocenters. The highest BCUT2D eigenvalue weighted by Gasteiger charge is 2.40. The predicted octanol–water partition coefficient (Wildman–Crippen LogP) is 4.43. The quantitative estimate of drug-likeness (QED) is 0.722. The molecule has 0 bridgehead atoms. The topological polar surface area (TPSA) is 47.6 Å². The molecule has 0 aromatic heterocycles. The monoisotopic (exact) mass is 232 g/mol. The zero-order valence-corrected chi connectivity index (χ0v) is 11.4. The van der Waals surface area contributed by atoms with Gasteiger partial charge in [0, 0.05) is 0 Å². The lowest BCUT2D eigenvalue weighted by atomic mass is 9.66. The van der Waals surface area contributed by atoms with Gasteiger partial charge in [0.1, 0.15) is 5.41 Å². The van der Waals surface area contributed by atoms with E-state index in [9.17, 15) is 10.5 Å². The number of nitriles is 2. The van der Waals surface area contributed by atoms with Crippen molar-refractivity contribution in [1.82, 2.24) is 0 Å². The van der Waals surface area contributed by atoms with Gasteiger partial charge in [-0.1, -0.05) is 40.0 Å². The van der Waals surface area contributed by atoms with E-state index in [1.165, 1.54) is 19.3 Å². The Morgan fingerprint density at radius 2 is 1.47 bits per heavy atom. The second-order valence-corrected chi connectivity index (χ2v) is 6.59. The standard InChI is InChI=1S/C15H24N2/c1-14(2,3)9-10-15(11-16,12-17)13-7-5-4-6-8-13/h13H,4-10H2,1-3H3. The Kier molecular flexibility index (Phi) is 4.58. The summed E-state index contributed by atoms with van der Waals surface area (Å²) in [6.45, 7) is 6.52. The molecular weight excluding hydrogens is 208 g/mol. The van der Waals surface area contributed by atoms with E-state index in [0.29, 0.717) is 5.92 Å². The highest BCUT2D eigenvalue weighted by atomic mass is 14.5. The normalized spacial score (nSPS) is 18.4. The van der Waals surface area contributed by atoms with Gasteiger partial charge in [0.2, 0.25) is 0 Å². The maximum Gasteiger partial charge on any atom is 0.146 e. The van der Waals surface area contributed by atoms with Crippen LogP contribution in [0.4, 0.5) is 0 Å². The average Bonchev–Trinajstić information content (AvgIpc) is 2.31. The summed E-state index contributed by atoms with van der Waals surface area (Å²) >= 11 is 0. The molecule has 0 aromatic carbocycles. The van der Waals surface area contributed by atoms with Gasteiger partial charge in [-0.15, -0.1) is 0 Å². The molecule has 0 unspecified atom stereocenters. The molecule has 0 saturated heterocycles. The highest BCUT2D eigenvalue weighted by molar-refractivity contribution is 5.16. The summed E-state index contributed by atoms with van der Waals surface area (Å²) in [4.78, 5) is 0. The van der Waals surface area contributed by atoms with Crippen molar-refractivity contribution in [2.75, 3.05) is 0 Å².